The quantitative estimate of drug-likeness (QED) is 0.749. The van der Waals surface area contributed by atoms with E-state index in [1.807, 2.05) is 0 Å². The molecule has 0 unspecified atom stereocenters. The van der Waals surface area contributed by atoms with Gasteiger partial charge in [0, 0.05) is 13.1 Å². The zero-order valence-electron chi connectivity index (χ0n) is 10.9. The topological polar surface area (TPSA) is 58.6 Å². The van der Waals surface area contributed by atoms with Crippen molar-refractivity contribution in [3.8, 4) is 5.75 Å². The molecule has 0 bridgehead atoms. The first-order chi connectivity index (χ1) is 8.90. The molecular weight excluding hydrogens is 256 g/mol. The third-order valence-corrected chi connectivity index (χ3v) is 2.57. The second kappa shape index (κ2) is 7.04. The van der Waals surface area contributed by atoms with Gasteiger partial charge in [0.25, 0.3) is 0 Å². The monoisotopic (exact) mass is 273 g/mol. The molecule has 0 aliphatic carbocycles. The summed E-state index contributed by atoms with van der Waals surface area (Å²) >= 11 is 0. The summed E-state index contributed by atoms with van der Waals surface area (Å²) < 4.78 is 28.9. The molecule has 0 saturated heterocycles. The zero-order chi connectivity index (χ0) is 14.4. The summed E-state index contributed by atoms with van der Waals surface area (Å²) in [6, 6.07) is 3.50. The Morgan fingerprint density at radius 2 is 1.95 bits per heavy atom. The predicted molar refractivity (Wildman–Crippen MR) is 66.5 cm³/mol. The molecule has 0 aliphatic heterocycles. The molecule has 2 N–H and O–H groups in total. The molecule has 0 saturated carbocycles. The standard InChI is InChI=1S/C13H17F2NO3/c1-8-5-10(7-16-4-3-11(17)18)6-9(2)12(8)19-13(14)15/h5-6,13,16H,3-4,7H2,1-2H3,(H,17,18). The van der Waals surface area contributed by atoms with Crippen molar-refractivity contribution >= 4 is 5.97 Å². The Morgan fingerprint density at radius 3 is 2.42 bits per heavy atom. The van der Waals surface area contributed by atoms with E-state index in [4.69, 9.17) is 5.11 Å². The zero-order valence-corrected chi connectivity index (χ0v) is 10.9. The molecule has 0 spiro atoms. The number of halogens is 2. The van der Waals surface area contributed by atoms with Crippen LogP contribution in [0.1, 0.15) is 23.1 Å². The number of carboxylic acids is 1. The van der Waals surface area contributed by atoms with Crippen LogP contribution in [0.3, 0.4) is 0 Å². The van der Waals surface area contributed by atoms with Crippen LogP contribution in [-0.2, 0) is 11.3 Å². The second-order valence-electron chi connectivity index (χ2n) is 4.26. The highest BCUT2D eigenvalue weighted by molar-refractivity contribution is 5.66. The maximum atomic E-state index is 12.2. The van der Waals surface area contributed by atoms with Crippen LogP contribution in [0.4, 0.5) is 8.78 Å². The largest absolute Gasteiger partial charge is 0.481 e. The normalized spacial score (nSPS) is 10.8. The van der Waals surface area contributed by atoms with Crippen molar-refractivity contribution in [2.45, 2.75) is 33.4 Å². The maximum absolute atomic E-state index is 12.2. The Bertz CT molecular complexity index is 427. The Kier molecular flexibility index (Phi) is 5.69. The fourth-order valence-corrected chi connectivity index (χ4v) is 1.85. The Morgan fingerprint density at radius 1 is 1.37 bits per heavy atom. The van der Waals surface area contributed by atoms with Gasteiger partial charge in [0.05, 0.1) is 6.42 Å². The van der Waals surface area contributed by atoms with Crippen LogP contribution in [0, 0.1) is 13.8 Å². The van der Waals surface area contributed by atoms with Gasteiger partial charge in [-0.2, -0.15) is 8.78 Å². The van der Waals surface area contributed by atoms with Crippen LogP contribution < -0.4 is 10.1 Å². The summed E-state index contributed by atoms with van der Waals surface area (Å²) in [5.41, 5.74) is 2.17. The van der Waals surface area contributed by atoms with E-state index in [1.54, 1.807) is 26.0 Å². The minimum atomic E-state index is -2.84. The lowest BCUT2D eigenvalue weighted by Crippen LogP contribution is -2.17. The van der Waals surface area contributed by atoms with Gasteiger partial charge in [-0.15, -0.1) is 0 Å². The fraction of sp³-hybridized carbons (Fsp3) is 0.462. The van der Waals surface area contributed by atoms with Crippen molar-refractivity contribution in [3.63, 3.8) is 0 Å². The summed E-state index contributed by atoms with van der Waals surface area (Å²) in [6.07, 6.45) is 0.0462. The number of rotatable bonds is 7. The van der Waals surface area contributed by atoms with E-state index in [2.05, 4.69) is 10.1 Å². The van der Waals surface area contributed by atoms with Gasteiger partial charge in [0.2, 0.25) is 0 Å². The average Bonchev–Trinajstić information content (AvgIpc) is 2.29. The number of carboxylic acid groups (broad SMARTS) is 1. The van der Waals surface area contributed by atoms with Gasteiger partial charge < -0.3 is 15.2 Å². The minimum absolute atomic E-state index is 0.0462. The smallest absolute Gasteiger partial charge is 0.387 e. The van der Waals surface area contributed by atoms with Crippen molar-refractivity contribution in [1.82, 2.24) is 5.32 Å². The van der Waals surface area contributed by atoms with E-state index < -0.39 is 12.6 Å². The highest BCUT2D eigenvalue weighted by Crippen LogP contribution is 2.26. The van der Waals surface area contributed by atoms with Gasteiger partial charge >= 0.3 is 12.6 Å². The molecule has 0 aromatic heterocycles. The second-order valence-corrected chi connectivity index (χ2v) is 4.26. The van der Waals surface area contributed by atoms with Gasteiger partial charge in [0.15, 0.2) is 0 Å². The Hall–Kier alpha value is -1.69. The van der Waals surface area contributed by atoms with Gasteiger partial charge in [-0.3, -0.25) is 4.79 Å². The minimum Gasteiger partial charge on any atom is -0.481 e. The summed E-state index contributed by atoms with van der Waals surface area (Å²) in [4.78, 5) is 10.3. The molecule has 0 atom stereocenters. The van der Waals surface area contributed by atoms with Crippen LogP contribution in [0.2, 0.25) is 0 Å². The lowest BCUT2D eigenvalue weighted by molar-refractivity contribution is -0.136. The van der Waals surface area contributed by atoms with Gasteiger partial charge in [0.1, 0.15) is 5.75 Å². The number of aryl methyl sites for hydroxylation is 2. The van der Waals surface area contributed by atoms with Crippen molar-refractivity contribution < 1.29 is 23.4 Å². The molecule has 1 rings (SSSR count). The Balaban J connectivity index is 2.64. The van der Waals surface area contributed by atoms with E-state index in [1.165, 1.54) is 0 Å². The van der Waals surface area contributed by atoms with Crippen molar-refractivity contribution in [3.05, 3.63) is 28.8 Å². The summed E-state index contributed by atoms with van der Waals surface area (Å²) in [5.74, 6) is -0.662. The molecule has 19 heavy (non-hydrogen) atoms. The molecule has 1 aromatic rings. The molecular formula is C13H17F2NO3. The van der Waals surface area contributed by atoms with Crippen molar-refractivity contribution in [1.29, 1.82) is 0 Å². The maximum Gasteiger partial charge on any atom is 0.387 e. The number of hydrogen-bond donors (Lipinski definition) is 2. The first-order valence-electron chi connectivity index (χ1n) is 5.87. The van der Waals surface area contributed by atoms with Gasteiger partial charge in [-0.1, -0.05) is 12.1 Å². The molecule has 0 radical (unpaired) electrons. The van der Waals surface area contributed by atoms with E-state index in [0.29, 0.717) is 24.2 Å². The number of ether oxygens (including phenoxy) is 1. The van der Waals surface area contributed by atoms with Crippen LogP contribution in [0.25, 0.3) is 0 Å². The number of benzene rings is 1. The van der Waals surface area contributed by atoms with Crippen LogP contribution in [-0.4, -0.2) is 24.2 Å². The first-order valence-corrected chi connectivity index (χ1v) is 5.87. The van der Waals surface area contributed by atoms with Crippen LogP contribution >= 0.6 is 0 Å². The summed E-state index contributed by atoms with van der Waals surface area (Å²) in [6.45, 7) is 1.42. The predicted octanol–water partition coefficient (Wildman–Crippen LogP) is 2.47. The first kappa shape index (κ1) is 15.4. The van der Waals surface area contributed by atoms with E-state index in [0.717, 1.165) is 5.56 Å². The molecule has 0 fully saturated rings. The van der Waals surface area contributed by atoms with E-state index in [9.17, 15) is 13.6 Å². The van der Waals surface area contributed by atoms with Gasteiger partial charge in [-0.25, -0.2) is 0 Å². The third-order valence-electron chi connectivity index (χ3n) is 2.57. The molecule has 0 amide bonds. The summed E-state index contributed by atoms with van der Waals surface area (Å²) in [5, 5.41) is 11.5. The number of alkyl halides is 2. The van der Waals surface area contributed by atoms with Crippen LogP contribution in [0.5, 0.6) is 5.75 Å². The fourth-order valence-electron chi connectivity index (χ4n) is 1.85. The molecule has 6 heteroatoms. The van der Waals surface area contributed by atoms with Crippen LogP contribution in [0.15, 0.2) is 12.1 Å². The Labute approximate surface area is 110 Å². The molecule has 0 aliphatic rings. The molecule has 1 aromatic carbocycles. The van der Waals surface area contributed by atoms with Crippen molar-refractivity contribution in [2.24, 2.45) is 0 Å². The third kappa shape index (κ3) is 5.21. The average molecular weight is 273 g/mol. The lowest BCUT2D eigenvalue weighted by atomic mass is 10.1. The highest BCUT2D eigenvalue weighted by atomic mass is 19.3. The van der Waals surface area contributed by atoms with E-state index >= 15 is 0 Å². The van der Waals surface area contributed by atoms with E-state index in [-0.39, 0.29) is 12.2 Å². The number of aliphatic carboxylic acids is 1. The van der Waals surface area contributed by atoms with Crippen molar-refractivity contribution in [2.75, 3.05) is 6.54 Å². The molecule has 4 nitrogen and oxygen atoms in total. The summed E-state index contributed by atoms with van der Waals surface area (Å²) in [7, 11) is 0. The molecule has 106 valence electrons. The highest BCUT2D eigenvalue weighted by Gasteiger charge is 2.11. The molecule has 0 heterocycles. The number of nitrogens with one attached hydrogen (secondary N) is 1. The number of hydrogen-bond acceptors (Lipinski definition) is 3. The SMILES string of the molecule is Cc1cc(CNCCC(=O)O)cc(C)c1OC(F)F. The lowest BCUT2D eigenvalue weighted by Gasteiger charge is -2.13. The van der Waals surface area contributed by atoms with Gasteiger partial charge in [-0.05, 0) is 30.5 Å². The number of carbonyl (C=O) groups is 1.